The number of aromatic nitrogens is 3. The number of benzene rings is 2. The van der Waals surface area contributed by atoms with Crippen LogP contribution in [0.25, 0.3) is 21.7 Å². The summed E-state index contributed by atoms with van der Waals surface area (Å²) in [6.07, 6.45) is 4.62. The molecule has 2 fully saturated rings. The van der Waals surface area contributed by atoms with Crippen LogP contribution >= 0.6 is 11.6 Å². The average molecular weight is 517 g/mol. The van der Waals surface area contributed by atoms with Crippen LogP contribution < -0.4 is 4.74 Å². The molecular formula is C29H29ClN4O3. The lowest BCUT2D eigenvalue weighted by atomic mass is 9.65. The van der Waals surface area contributed by atoms with Gasteiger partial charge in [0.25, 0.3) is 0 Å². The van der Waals surface area contributed by atoms with Gasteiger partial charge in [0, 0.05) is 45.9 Å². The monoisotopic (exact) mass is 516 g/mol. The van der Waals surface area contributed by atoms with Crippen molar-refractivity contribution in [1.82, 2.24) is 20.1 Å². The molecule has 2 aromatic heterocycles. The highest BCUT2D eigenvalue weighted by Gasteiger charge is 2.57. The van der Waals surface area contributed by atoms with Gasteiger partial charge in [0.2, 0.25) is 5.88 Å². The van der Waals surface area contributed by atoms with Crippen molar-refractivity contribution >= 4 is 33.3 Å². The van der Waals surface area contributed by atoms with Crippen LogP contribution in [0.5, 0.6) is 5.88 Å². The Balaban J connectivity index is 1.45. The topological polar surface area (TPSA) is 91.6 Å². The van der Waals surface area contributed by atoms with Gasteiger partial charge in [-0.3, -0.25) is 9.88 Å². The molecule has 0 radical (unpaired) electrons. The Labute approximate surface area is 220 Å². The Morgan fingerprint density at radius 3 is 2.78 bits per heavy atom. The molecule has 4 aromatic rings. The second-order valence-electron chi connectivity index (χ2n) is 10.1. The van der Waals surface area contributed by atoms with E-state index in [1.54, 1.807) is 12.3 Å². The standard InChI is InChI=1S/C29H29ClN4O3/c1-3-29(36)15-25-23(29)11-13-34(25)17(2)26(19-10-12-31-24-9-8-18(16-35)14-22(19)24)37-28-21-7-5-4-6-20(21)27(30)32-33-28/h3-10,12,14,17,23,25-26,35-36H,1,11,13,15-16H2,2H3/t17?,23-,25?,26+,29+/m1/s1. The van der Waals surface area contributed by atoms with Gasteiger partial charge in [0.15, 0.2) is 5.15 Å². The van der Waals surface area contributed by atoms with E-state index >= 15 is 0 Å². The maximum atomic E-state index is 10.9. The lowest BCUT2D eigenvalue weighted by Gasteiger charge is -2.51. The van der Waals surface area contributed by atoms with E-state index in [4.69, 9.17) is 16.3 Å². The molecule has 1 aliphatic heterocycles. The maximum absolute atomic E-state index is 10.9. The molecule has 0 spiro atoms. The molecule has 3 heterocycles. The van der Waals surface area contributed by atoms with Crippen molar-refractivity contribution in [3.63, 3.8) is 0 Å². The van der Waals surface area contributed by atoms with Crippen molar-refractivity contribution in [2.24, 2.45) is 5.92 Å². The molecule has 2 N–H and O–H groups in total. The number of nitrogens with zero attached hydrogens (tertiary/aromatic N) is 4. The van der Waals surface area contributed by atoms with Gasteiger partial charge in [-0.15, -0.1) is 16.8 Å². The molecule has 1 saturated heterocycles. The quantitative estimate of drug-likeness (QED) is 0.339. The first kappa shape index (κ1) is 24.2. The number of pyridine rings is 1. The number of halogens is 1. The Morgan fingerprint density at radius 1 is 1.19 bits per heavy atom. The Bertz CT molecular complexity index is 1500. The maximum Gasteiger partial charge on any atom is 0.242 e. The molecule has 37 heavy (non-hydrogen) atoms. The van der Waals surface area contributed by atoms with Crippen molar-refractivity contribution in [3.05, 3.63) is 83.7 Å². The molecular weight excluding hydrogens is 488 g/mol. The molecule has 7 nitrogen and oxygen atoms in total. The fraction of sp³-hybridized carbons (Fsp3) is 0.345. The minimum absolute atomic E-state index is 0.0519. The van der Waals surface area contributed by atoms with Gasteiger partial charge in [-0.2, -0.15) is 0 Å². The third-order valence-corrected chi connectivity index (χ3v) is 8.54. The SMILES string of the molecule is C=C[C@]1(O)CC2[C@H]1CCN2C(C)[C@H](Oc1nnc(Cl)c2ccccc12)c1ccnc2ccc(CO)cc12. The zero-order chi connectivity index (χ0) is 25.7. The second-order valence-corrected chi connectivity index (χ2v) is 10.5. The fourth-order valence-electron chi connectivity index (χ4n) is 6.20. The fourth-order valence-corrected chi connectivity index (χ4v) is 6.40. The first-order valence-electron chi connectivity index (χ1n) is 12.6. The number of aliphatic hydroxyl groups is 2. The van der Waals surface area contributed by atoms with Crippen LogP contribution in [0, 0.1) is 5.92 Å². The van der Waals surface area contributed by atoms with Crippen molar-refractivity contribution < 1.29 is 14.9 Å². The van der Waals surface area contributed by atoms with E-state index in [1.165, 1.54) is 0 Å². The third-order valence-electron chi connectivity index (χ3n) is 8.26. The molecule has 2 aliphatic rings. The van der Waals surface area contributed by atoms with Crippen LogP contribution in [0.1, 0.15) is 37.0 Å². The normalized spacial score (nSPS) is 25.0. The van der Waals surface area contributed by atoms with Crippen LogP contribution in [0.15, 0.2) is 67.4 Å². The summed E-state index contributed by atoms with van der Waals surface area (Å²) in [5.41, 5.74) is 1.79. The van der Waals surface area contributed by atoms with Gasteiger partial charge in [-0.25, -0.2) is 0 Å². The molecule has 1 aliphatic carbocycles. The minimum Gasteiger partial charge on any atom is -0.466 e. The van der Waals surface area contributed by atoms with Gasteiger partial charge < -0.3 is 14.9 Å². The van der Waals surface area contributed by atoms with E-state index in [2.05, 4.69) is 33.6 Å². The van der Waals surface area contributed by atoms with Gasteiger partial charge in [0.1, 0.15) is 6.10 Å². The molecule has 6 rings (SSSR count). The summed E-state index contributed by atoms with van der Waals surface area (Å²) in [6.45, 7) is 6.81. The van der Waals surface area contributed by atoms with Crippen LogP contribution in [-0.2, 0) is 6.61 Å². The summed E-state index contributed by atoms with van der Waals surface area (Å²) >= 11 is 6.34. The summed E-state index contributed by atoms with van der Waals surface area (Å²) in [5.74, 6) is 0.575. The predicted molar refractivity (Wildman–Crippen MR) is 143 cm³/mol. The summed E-state index contributed by atoms with van der Waals surface area (Å²) in [7, 11) is 0. The Hall–Kier alpha value is -3.10. The van der Waals surface area contributed by atoms with Crippen molar-refractivity contribution in [2.45, 2.75) is 50.2 Å². The van der Waals surface area contributed by atoms with E-state index < -0.39 is 11.7 Å². The van der Waals surface area contributed by atoms with Crippen LogP contribution in [0.4, 0.5) is 0 Å². The van der Waals surface area contributed by atoms with Gasteiger partial charge in [-0.05, 0) is 56.1 Å². The smallest absolute Gasteiger partial charge is 0.242 e. The van der Waals surface area contributed by atoms with Crippen molar-refractivity contribution in [3.8, 4) is 5.88 Å². The highest BCUT2D eigenvalue weighted by molar-refractivity contribution is 6.34. The van der Waals surface area contributed by atoms with E-state index in [0.29, 0.717) is 17.5 Å². The van der Waals surface area contributed by atoms with Crippen LogP contribution in [-0.4, -0.2) is 54.5 Å². The van der Waals surface area contributed by atoms with Crippen LogP contribution in [0.2, 0.25) is 5.15 Å². The number of ether oxygens (including phenoxy) is 1. The minimum atomic E-state index is -0.799. The highest BCUT2D eigenvalue weighted by Crippen LogP contribution is 2.51. The van der Waals surface area contributed by atoms with E-state index in [-0.39, 0.29) is 24.6 Å². The predicted octanol–water partition coefficient (Wildman–Crippen LogP) is 4.84. The van der Waals surface area contributed by atoms with E-state index in [1.807, 2.05) is 48.5 Å². The van der Waals surface area contributed by atoms with Crippen molar-refractivity contribution in [1.29, 1.82) is 0 Å². The first-order valence-corrected chi connectivity index (χ1v) is 13.0. The lowest BCUT2D eigenvalue weighted by Crippen LogP contribution is -2.59. The molecule has 2 unspecified atom stereocenters. The number of hydrogen-bond donors (Lipinski definition) is 2. The summed E-state index contributed by atoms with van der Waals surface area (Å²) in [5, 5.41) is 32.0. The van der Waals surface area contributed by atoms with Gasteiger partial charge in [-0.1, -0.05) is 41.9 Å². The largest absolute Gasteiger partial charge is 0.466 e. The molecule has 190 valence electrons. The van der Waals surface area contributed by atoms with E-state index in [0.717, 1.165) is 45.8 Å². The summed E-state index contributed by atoms with van der Waals surface area (Å²) in [6, 6.07) is 15.6. The number of likely N-dealkylation sites (tertiary alicyclic amines) is 1. The Kier molecular flexibility index (Phi) is 6.12. The number of rotatable bonds is 7. The average Bonchev–Trinajstić information content (AvgIpc) is 3.30. The number of fused-ring (bicyclic) bond motifs is 3. The van der Waals surface area contributed by atoms with E-state index in [9.17, 15) is 10.2 Å². The zero-order valence-corrected chi connectivity index (χ0v) is 21.3. The lowest BCUT2D eigenvalue weighted by molar-refractivity contribution is -0.0982. The summed E-state index contributed by atoms with van der Waals surface area (Å²) < 4.78 is 6.76. The number of hydrogen-bond acceptors (Lipinski definition) is 7. The molecule has 2 aromatic carbocycles. The second kappa shape index (κ2) is 9.33. The zero-order valence-electron chi connectivity index (χ0n) is 20.6. The molecule has 8 heteroatoms. The first-order chi connectivity index (χ1) is 17.9. The number of aliphatic hydroxyl groups excluding tert-OH is 1. The van der Waals surface area contributed by atoms with Gasteiger partial charge in [0.05, 0.1) is 17.7 Å². The van der Waals surface area contributed by atoms with Crippen LogP contribution in [0.3, 0.4) is 0 Å². The molecule has 1 saturated carbocycles. The van der Waals surface area contributed by atoms with Gasteiger partial charge >= 0.3 is 0 Å². The van der Waals surface area contributed by atoms with Crippen molar-refractivity contribution in [2.75, 3.05) is 6.54 Å². The molecule has 0 bridgehead atoms. The highest BCUT2D eigenvalue weighted by atomic mass is 35.5. The Morgan fingerprint density at radius 2 is 2.00 bits per heavy atom. The summed E-state index contributed by atoms with van der Waals surface area (Å²) in [4.78, 5) is 6.98. The third kappa shape index (κ3) is 3.97. The molecule has 0 amide bonds. The molecule has 5 atom stereocenters.